The molecule has 0 bridgehead atoms. The van der Waals surface area contributed by atoms with Crippen molar-refractivity contribution in [2.24, 2.45) is 0 Å². The molecule has 1 amide bonds. The Hall–Kier alpha value is -1.32. The molecule has 1 unspecified atom stereocenters. The lowest BCUT2D eigenvalue weighted by Crippen LogP contribution is -2.34. The number of carbonyl (C=O) groups is 1. The zero-order valence-electron chi connectivity index (χ0n) is 6.71. The molecule has 1 aromatic heterocycles. The average molecular weight is 165 g/mol. The van der Waals surface area contributed by atoms with Gasteiger partial charge in [0, 0.05) is 18.3 Å². The third-order valence-corrected chi connectivity index (χ3v) is 2.21. The maximum Gasteiger partial charge on any atom is 0.227 e. The monoisotopic (exact) mass is 165 g/mol. The number of nitrogens with one attached hydrogen (secondary N) is 2. The average Bonchev–Trinajstić information content (AvgIpc) is 2.57. The molecule has 0 aromatic carbocycles. The first-order valence-electron chi connectivity index (χ1n) is 4.14. The predicted molar refractivity (Wildman–Crippen MR) is 43.6 cm³/mol. The van der Waals surface area contributed by atoms with Crippen molar-refractivity contribution in [3.63, 3.8) is 0 Å². The largest absolute Gasteiger partial charge is 0.356 e. The Morgan fingerprint density at radius 3 is 3.17 bits per heavy atom. The molecule has 0 radical (unpaired) electrons. The summed E-state index contributed by atoms with van der Waals surface area (Å²) in [6.07, 6.45) is 5.50. The number of H-pyrrole nitrogens is 1. The number of aromatic amines is 1. The van der Waals surface area contributed by atoms with E-state index < -0.39 is 0 Å². The van der Waals surface area contributed by atoms with Crippen molar-refractivity contribution in [2.45, 2.75) is 18.8 Å². The maximum absolute atomic E-state index is 11.3. The molecule has 0 spiro atoms. The summed E-state index contributed by atoms with van der Waals surface area (Å²) in [4.78, 5) is 11.3. The van der Waals surface area contributed by atoms with Crippen LogP contribution in [0.25, 0.3) is 0 Å². The first-order valence-corrected chi connectivity index (χ1v) is 4.14. The van der Waals surface area contributed by atoms with Crippen LogP contribution >= 0.6 is 0 Å². The number of nitrogens with zero attached hydrogens (tertiary/aromatic N) is 1. The standard InChI is InChI=1S/C8H11N3O/c12-8-7(2-1-3-9-8)6-4-10-11-5-6/h4-5,7H,1-3H2,(H,9,12)(H,10,11). The Morgan fingerprint density at radius 2 is 2.50 bits per heavy atom. The Morgan fingerprint density at radius 1 is 1.58 bits per heavy atom. The summed E-state index contributed by atoms with van der Waals surface area (Å²) in [6.45, 7) is 0.813. The number of aromatic nitrogens is 2. The quantitative estimate of drug-likeness (QED) is 0.633. The summed E-state index contributed by atoms with van der Waals surface area (Å²) >= 11 is 0. The van der Waals surface area contributed by atoms with E-state index in [2.05, 4.69) is 15.5 Å². The van der Waals surface area contributed by atoms with Gasteiger partial charge in [0.05, 0.1) is 12.1 Å². The highest BCUT2D eigenvalue weighted by molar-refractivity contribution is 5.84. The van der Waals surface area contributed by atoms with E-state index in [4.69, 9.17) is 0 Å². The van der Waals surface area contributed by atoms with E-state index in [1.54, 1.807) is 12.4 Å². The molecule has 1 aromatic rings. The van der Waals surface area contributed by atoms with E-state index in [0.717, 1.165) is 24.9 Å². The highest BCUT2D eigenvalue weighted by atomic mass is 16.1. The summed E-state index contributed by atoms with van der Waals surface area (Å²) in [5.41, 5.74) is 0.993. The zero-order valence-corrected chi connectivity index (χ0v) is 6.71. The normalized spacial score (nSPS) is 23.7. The molecule has 1 saturated heterocycles. The molecule has 2 heterocycles. The summed E-state index contributed by atoms with van der Waals surface area (Å²) in [5.74, 6) is 0.139. The van der Waals surface area contributed by atoms with Crippen LogP contribution in [0.2, 0.25) is 0 Å². The van der Waals surface area contributed by atoms with Crippen molar-refractivity contribution in [3.8, 4) is 0 Å². The van der Waals surface area contributed by atoms with Gasteiger partial charge in [0.15, 0.2) is 0 Å². The zero-order chi connectivity index (χ0) is 8.39. The minimum absolute atomic E-state index is 0.0116. The minimum Gasteiger partial charge on any atom is -0.356 e. The fourth-order valence-electron chi connectivity index (χ4n) is 1.54. The number of hydrogen-bond donors (Lipinski definition) is 2. The van der Waals surface area contributed by atoms with Crippen LogP contribution in [0.4, 0.5) is 0 Å². The molecule has 12 heavy (non-hydrogen) atoms. The summed E-state index contributed by atoms with van der Waals surface area (Å²) in [7, 11) is 0. The minimum atomic E-state index is 0.0116. The van der Waals surface area contributed by atoms with Gasteiger partial charge in [0.25, 0.3) is 0 Å². The van der Waals surface area contributed by atoms with Crippen LogP contribution in [0.15, 0.2) is 12.4 Å². The van der Waals surface area contributed by atoms with Gasteiger partial charge < -0.3 is 5.32 Å². The number of piperidine rings is 1. The Bertz CT molecular complexity index is 268. The van der Waals surface area contributed by atoms with Crippen LogP contribution in [-0.4, -0.2) is 22.6 Å². The molecule has 4 heteroatoms. The van der Waals surface area contributed by atoms with Gasteiger partial charge in [-0.2, -0.15) is 5.10 Å². The number of rotatable bonds is 1. The van der Waals surface area contributed by atoms with Crippen LogP contribution in [0.5, 0.6) is 0 Å². The van der Waals surface area contributed by atoms with Crippen LogP contribution in [0.3, 0.4) is 0 Å². The fraction of sp³-hybridized carbons (Fsp3) is 0.500. The second-order valence-electron chi connectivity index (χ2n) is 3.02. The van der Waals surface area contributed by atoms with Crippen molar-refractivity contribution >= 4 is 5.91 Å². The van der Waals surface area contributed by atoms with Gasteiger partial charge in [-0.25, -0.2) is 0 Å². The third-order valence-electron chi connectivity index (χ3n) is 2.21. The molecule has 2 rings (SSSR count). The Labute approximate surface area is 70.4 Å². The molecule has 0 aliphatic carbocycles. The first-order chi connectivity index (χ1) is 5.88. The molecule has 1 fully saturated rings. The van der Waals surface area contributed by atoms with Gasteiger partial charge in [-0.3, -0.25) is 9.89 Å². The van der Waals surface area contributed by atoms with Crippen LogP contribution < -0.4 is 5.32 Å². The van der Waals surface area contributed by atoms with Gasteiger partial charge >= 0.3 is 0 Å². The van der Waals surface area contributed by atoms with Crippen LogP contribution in [-0.2, 0) is 4.79 Å². The molecular formula is C8H11N3O. The maximum atomic E-state index is 11.3. The predicted octanol–water partition coefficient (Wildman–Crippen LogP) is 0.403. The van der Waals surface area contributed by atoms with Crippen molar-refractivity contribution in [1.82, 2.24) is 15.5 Å². The second kappa shape index (κ2) is 2.97. The van der Waals surface area contributed by atoms with Gasteiger partial charge in [-0.1, -0.05) is 0 Å². The summed E-state index contributed by atoms with van der Waals surface area (Å²) < 4.78 is 0. The van der Waals surface area contributed by atoms with E-state index in [1.807, 2.05) is 0 Å². The van der Waals surface area contributed by atoms with Gasteiger partial charge in [-0.15, -0.1) is 0 Å². The van der Waals surface area contributed by atoms with Gasteiger partial charge in [0.1, 0.15) is 0 Å². The van der Waals surface area contributed by atoms with E-state index >= 15 is 0 Å². The third kappa shape index (κ3) is 1.20. The highest BCUT2D eigenvalue weighted by Gasteiger charge is 2.23. The van der Waals surface area contributed by atoms with Crippen molar-refractivity contribution in [2.75, 3.05) is 6.54 Å². The van der Waals surface area contributed by atoms with Crippen molar-refractivity contribution < 1.29 is 4.79 Å². The molecule has 1 atom stereocenters. The van der Waals surface area contributed by atoms with E-state index in [0.29, 0.717) is 0 Å². The summed E-state index contributed by atoms with van der Waals surface area (Å²) in [5, 5.41) is 9.38. The molecule has 4 nitrogen and oxygen atoms in total. The fourth-order valence-corrected chi connectivity index (χ4v) is 1.54. The van der Waals surface area contributed by atoms with E-state index in [-0.39, 0.29) is 11.8 Å². The topological polar surface area (TPSA) is 57.8 Å². The molecule has 2 N–H and O–H groups in total. The number of amides is 1. The van der Waals surface area contributed by atoms with Crippen LogP contribution in [0.1, 0.15) is 24.3 Å². The molecule has 64 valence electrons. The SMILES string of the molecule is O=C1NCCCC1c1cn[nH]c1. The highest BCUT2D eigenvalue weighted by Crippen LogP contribution is 2.22. The van der Waals surface area contributed by atoms with Gasteiger partial charge in [-0.05, 0) is 12.8 Å². The first kappa shape index (κ1) is 7.34. The smallest absolute Gasteiger partial charge is 0.227 e. The molecule has 0 saturated carbocycles. The van der Waals surface area contributed by atoms with Crippen molar-refractivity contribution in [3.05, 3.63) is 18.0 Å². The summed E-state index contributed by atoms with van der Waals surface area (Å²) in [6, 6.07) is 0. The lowest BCUT2D eigenvalue weighted by atomic mass is 9.93. The lowest BCUT2D eigenvalue weighted by Gasteiger charge is -2.20. The molecular weight excluding hydrogens is 154 g/mol. The lowest BCUT2D eigenvalue weighted by molar-refractivity contribution is -0.123. The Kier molecular flexibility index (Phi) is 1.81. The second-order valence-corrected chi connectivity index (χ2v) is 3.02. The van der Waals surface area contributed by atoms with Gasteiger partial charge in [0.2, 0.25) is 5.91 Å². The number of carbonyl (C=O) groups excluding carboxylic acids is 1. The van der Waals surface area contributed by atoms with E-state index in [1.165, 1.54) is 0 Å². The van der Waals surface area contributed by atoms with E-state index in [9.17, 15) is 4.79 Å². The van der Waals surface area contributed by atoms with Crippen molar-refractivity contribution in [1.29, 1.82) is 0 Å². The molecule has 1 aliphatic rings. The Balaban J connectivity index is 2.17. The molecule has 1 aliphatic heterocycles. The number of hydrogen-bond acceptors (Lipinski definition) is 2. The van der Waals surface area contributed by atoms with Crippen LogP contribution in [0, 0.1) is 0 Å².